The molecule has 0 aliphatic heterocycles. The molecular formula is C11H15NO3. The number of ether oxygens (including phenoxy) is 2. The molecule has 0 heterocycles. The van der Waals surface area contributed by atoms with Crippen LogP contribution >= 0.6 is 0 Å². The van der Waals surface area contributed by atoms with E-state index in [1.54, 1.807) is 0 Å². The van der Waals surface area contributed by atoms with E-state index in [0.717, 1.165) is 12.0 Å². The van der Waals surface area contributed by atoms with Crippen LogP contribution in [0.2, 0.25) is 0 Å². The first kappa shape index (κ1) is 11.5. The molecule has 4 heteroatoms. The van der Waals surface area contributed by atoms with Crippen LogP contribution in [0.3, 0.4) is 0 Å². The second kappa shape index (κ2) is 6.84. The van der Waals surface area contributed by atoms with Crippen LogP contribution < -0.4 is 5.73 Å². The summed E-state index contributed by atoms with van der Waals surface area (Å²) < 4.78 is 9.81. The van der Waals surface area contributed by atoms with Gasteiger partial charge in [-0.1, -0.05) is 30.4 Å². The van der Waals surface area contributed by atoms with Crippen molar-refractivity contribution in [3.63, 3.8) is 0 Å². The molecule has 0 spiro atoms. The second-order valence-corrected chi connectivity index (χ2v) is 3.03. The summed E-state index contributed by atoms with van der Waals surface area (Å²) in [7, 11) is 0. The molecule has 1 amide bonds. The van der Waals surface area contributed by atoms with Gasteiger partial charge >= 0.3 is 6.09 Å². The summed E-state index contributed by atoms with van der Waals surface area (Å²) in [5.74, 6) is 0. The van der Waals surface area contributed by atoms with Gasteiger partial charge in [0.25, 0.3) is 0 Å². The third kappa shape index (κ3) is 5.70. The third-order valence-electron chi connectivity index (χ3n) is 1.79. The minimum absolute atomic E-state index is 0.197. The zero-order chi connectivity index (χ0) is 10.9. The normalized spacial score (nSPS) is 14.5. The van der Waals surface area contributed by atoms with Crippen molar-refractivity contribution in [1.29, 1.82) is 0 Å². The Morgan fingerprint density at radius 1 is 1.40 bits per heavy atom. The van der Waals surface area contributed by atoms with Gasteiger partial charge in [-0.15, -0.1) is 0 Å². The molecule has 0 fully saturated rings. The van der Waals surface area contributed by atoms with Crippen molar-refractivity contribution < 1.29 is 14.3 Å². The summed E-state index contributed by atoms with van der Waals surface area (Å²) in [6.45, 7) is 1.07. The van der Waals surface area contributed by atoms with Crippen LogP contribution in [0.1, 0.15) is 6.42 Å². The van der Waals surface area contributed by atoms with E-state index >= 15 is 0 Å². The molecule has 15 heavy (non-hydrogen) atoms. The lowest BCUT2D eigenvalue weighted by atomic mass is 10.2. The Hall–Kier alpha value is -1.55. The van der Waals surface area contributed by atoms with Crippen LogP contribution in [0, 0.1) is 0 Å². The molecule has 0 bridgehead atoms. The van der Waals surface area contributed by atoms with Gasteiger partial charge in [-0.05, 0) is 12.0 Å². The maximum Gasteiger partial charge on any atom is 0.404 e. The van der Waals surface area contributed by atoms with Gasteiger partial charge in [0.15, 0.2) is 0 Å². The van der Waals surface area contributed by atoms with Gasteiger partial charge in [-0.3, -0.25) is 0 Å². The van der Waals surface area contributed by atoms with Crippen LogP contribution in [0.15, 0.2) is 36.0 Å². The lowest BCUT2D eigenvalue weighted by Gasteiger charge is -2.04. The lowest BCUT2D eigenvalue weighted by Crippen LogP contribution is -2.16. The van der Waals surface area contributed by atoms with Gasteiger partial charge in [0.2, 0.25) is 0 Å². The summed E-state index contributed by atoms with van der Waals surface area (Å²) in [6.07, 6.45) is 10.3. The first-order chi connectivity index (χ1) is 7.29. The smallest absolute Gasteiger partial charge is 0.404 e. The van der Waals surface area contributed by atoms with Crippen molar-refractivity contribution in [2.75, 3.05) is 19.8 Å². The van der Waals surface area contributed by atoms with E-state index in [0.29, 0.717) is 13.2 Å². The van der Waals surface area contributed by atoms with Crippen molar-refractivity contribution in [3.05, 3.63) is 36.0 Å². The Morgan fingerprint density at radius 3 is 3.07 bits per heavy atom. The fraction of sp³-hybridized carbons (Fsp3) is 0.364. The molecule has 0 aromatic carbocycles. The Bertz CT molecular complexity index is 292. The molecule has 0 saturated heterocycles. The number of hydrogen-bond acceptors (Lipinski definition) is 3. The number of allylic oxidation sites excluding steroid dienone is 4. The average Bonchev–Trinajstić information content (AvgIpc) is 2.45. The molecule has 0 aromatic heterocycles. The fourth-order valence-corrected chi connectivity index (χ4v) is 1.11. The predicted molar refractivity (Wildman–Crippen MR) is 57.3 cm³/mol. The van der Waals surface area contributed by atoms with Crippen LogP contribution in [-0.4, -0.2) is 25.9 Å². The largest absolute Gasteiger partial charge is 0.447 e. The third-order valence-corrected chi connectivity index (χ3v) is 1.79. The summed E-state index contributed by atoms with van der Waals surface area (Å²) in [5.41, 5.74) is 5.89. The SMILES string of the molecule is NC(=O)OCCOCC1=CC=CCC=C1. The number of amides is 1. The zero-order valence-electron chi connectivity index (χ0n) is 8.52. The van der Waals surface area contributed by atoms with Gasteiger partial charge in [0.1, 0.15) is 6.61 Å². The van der Waals surface area contributed by atoms with Gasteiger partial charge in [0.05, 0.1) is 13.2 Å². The van der Waals surface area contributed by atoms with Crippen molar-refractivity contribution in [3.8, 4) is 0 Å². The number of carbonyl (C=O) groups is 1. The Kier molecular flexibility index (Phi) is 5.25. The molecule has 0 radical (unpaired) electrons. The van der Waals surface area contributed by atoms with E-state index < -0.39 is 6.09 Å². The van der Waals surface area contributed by atoms with E-state index in [-0.39, 0.29) is 6.61 Å². The highest BCUT2D eigenvalue weighted by molar-refractivity contribution is 5.64. The number of rotatable bonds is 5. The fourth-order valence-electron chi connectivity index (χ4n) is 1.11. The highest BCUT2D eigenvalue weighted by Gasteiger charge is 1.96. The van der Waals surface area contributed by atoms with Crippen molar-refractivity contribution >= 4 is 6.09 Å². The topological polar surface area (TPSA) is 61.6 Å². The highest BCUT2D eigenvalue weighted by atomic mass is 16.6. The zero-order valence-corrected chi connectivity index (χ0v) is 8.52. The van der Waals surface area contributed by atoms with Crippen molar-refractivity contribution in [2.24, 2.45) is 5.73 Å². The molecule has 2 N–H and O–H groups in total. The van der Waals surface area contributed by atoms with Crippen LogP contribution in [0.5, 0.6) is 0 Å². The first-order valence-electron chi connectivity index (χ1n) is 4.81. The van der Waals surface area contributed by atoms with Gasteiger partial charge in [-0.25, -0.2) is 4.79 Å². The maximum atomic E-state index is 10.2. The standard InChI is InChI=1S/C11H15NO3/c12-11(13)15-8-7-14-9-10-5-3-1-2-4-6-10/h1,3-6H,2,7-9H2,(H2,12,13). The number of carbonyl (C=O) groups excluding carboxylic acids is 1. The molecule has 1 aliphatic rings. The van der Waals surface area contributed by atoms with Crippen molar-refractivity contribution in [2.45, 2.75) is 6.42 Å². The Labute approximate surface area is 89.0 Å². The predicted octanol–water partition coefficient (Wildman–Crippen LogP) is 1.54. The monoisotopic (exact) mass is 209 g/mol. The summed E-state index contributed by atoms with van der Waals surface area (Å²) in [6, 6.07) is 0. The Balaban J connectivity index is 2.11. The summed E-state index contributed by atoms with van der Waals surface area (Å²) in [5, 5.41) is 0. The molecule has 0 saturated carbocycles. The minimum atomic E-state index is -0.768. The molecule has 0 unspecified atom stereocenters. The molecule has 1 aliphatic carbocycles. The van der Waals surface area contributed by atoms with Crippen LogP contribution in [0.4, 0.5) is 4.79 Å². The van der Waals surface area contributed by atoms with Gasteiger partial charge in [0, 0.05) is 0 Å². The van der Waals surface area contributed by atoms with Gasteiger partial charge < -0.3 is 15.2 Å². The molecule has 4 nitrogen and oxygen atoms in total. The first-order valence-corrected chi connectivity index (χ1v) is 4.81. The minimum Gasteiger partial charge on any atom is -0.447 e. The maximum absolute atomic E-state index is 10.2. The molecular weight excluding hydrogens is 194 g/mol. The van der Waals surface area contributed by atoms with Crippen molar-refractivity contribution in [1.82, 2.24) is 0 Å². The average molecular weight is 209 g/mol. The van der Waals surface area contributed by atoms with Crippen LogP contribution in [0.25, 0.3) is 0 Å². The van der Waals surface area contributed by atoms with E-state index in [2.05, 4.69) is 16.9 Å². The molecule has 1 rings (SSSR count). The van der Waals surface area contributed by atoms with E-state index in [9.17, 15) is 4.79 Å². The number of primary amides is 1. The van der Waals surface area contributed by atoms with E-state index in [1.165, 1.54) is 0 Å². The second-order valence-electron chi connectivity index (χ2n) is 3.03. The number of hydrogen-bond donors (Lipinski definition) is 1. The van der Waals surface area contributed by atoms with E-state index in [1.807, 2.05) is 18.2 Å². The van der Waals surface area contributed by atoms with Crippen LogP contribution in [-0.2, 0) is 9.47 Å². The summed E-state index contributed by atoms with van der Waals surface area (Å²) >= 11 is 0. The number of nitrogens with two attached hydrogens (primary N) is 1. The molecule has 82 valence electrons. The Morgan fingerprint density at radius 2 is 2.27 bits per heavy atom. The van der Waals surface area contributed by atoms with E-state index in [4.69, 9.17) is 10.5 Å². The lowest BCUT2D eigenvalue weighted by molar-refractivity contribution is 0.0881. The molecule has 0 aromatic rings. The highest BCUT2D eigenvalue weighted by Crippen LogP contribution is 2.04. The van der Waals surface area contributed by atoms with Gasteiger partial charge in [-0.2, -0.15) is 0 Å². The molecule has 0 atom stereocenters. The quantitative estimate of drug-likeness (QED) is 0.698. The summed E-state index contributed by atoms with van der Waals surface area (Å²) in [4.78, 5) is 10.2.